The molecule has 0 aliphatic carbocycles. The van der Waals surface area contributed by atoms with Gasteiger partial charge in [-0.15, -0.1) is 0 Å². The van der Waals surface area contributed by atoms with Crippen molar-refractivity contribution in [2.45, 2.75) is 26.4 Å². The number of hydrogen-bond acceptors (Lipinski definition) is 3. The zero-order chi connectivity index (χ0) is 14.2. The Morgan fingerprint density at radius 1 is 1.40 bits per heavy atom. The molecule has 1 amide bonds. The molecule has 2 rings (SSSR count). The SMILES string of the molecule is CCNC[C@@H]1CCCN(C(=O)OCc2ccccc2)C1. The van der Waals surface area contributed by atoms with E-state index in [9.17, 15) is 4.79 Å². The van der Waals surface area contributed by atoms with Gasteiger partial charge in [-0.05, 0) is 37.4 Å². The van der Waals surface area contributed by atoms with Crippen LogP contribution in [0.4, 0.5) is 4.79 Å². The molecule has 0 unspecified atom stereocenters. The maximum absolute atomic E-state index is 12.1. The second-order valence-electron chi connectivity index (χ2n) is 5.30. The van der Waals surface area contributed by atoms with Crippen molar-refractivity contribution in [1.29, 1.82) is 0 Å². The summed E-state index contributed by atoms with van der Waals surface area (Å²) in [6.07, 6.45) is 2.07. The molecule has 0 bridgehead atoms. The van der Waals surface area contributed by atoms with Crippen LogP contribution in [-0.2, 0) is 11.3 Å². The third-order valence-corrected chi connectivity index (χ3v) is 3.67. The van der Waals surface area contributed by atoms with Crippen molar-refractivity contribution in [3.8, 4) is 0 Å². The molecule has 0 aromatic heterocycles. The number of nitrogens with zero attached hydrogens (tertiary/aromatic N) is 1. The predicted molar refractivity (Wildman–Crippen MR) is 79.5 cm³/mol. The third kappa shape index (κ3) is 4.53. The minimum Gasteiger partial charge on any atom is -0.445 e. The summed E-state index contributed by atoms with van der Waals surface area (Å²) in [6.45, 7) is 6.05. The zero-order valence-corrected chi connectivity index (χ0v) is 12.2. The molecule has 0 spiro atoms. The summed E-state index contributed by atoms with van der Waals surface area (Å²) >= 11 is 0. The maximum Gasteiger partial charge on any atom is 0.410 e. The highest BCUT2D eigenvalue weighted by atomic mass is 16.6. The number of carbonyl (C=O) groups excluding carboxylic acids is 1. The van der Waals surface area contributed by atoms with Crippen LogP contribution in [0.5, 0.6) is 0 Å². The highest BCUT2D eigenvalue weighted by Crippen LogP contribution is 2.17. The van der Waals surface area contributed by atoms with E-state index in [0.29, 0.717) is 12.5 Å². The molecule has 110 valence electrons. The van der Waals surface area contributed by atoms with Gasteiger partial charge in [-0.1, -0.05) is 37.3 Å². The van der Waals surface area contributed by atoms with Crippen molar-refractivity contribution in [2.24, 2.45) is 5.92 Å². The number of benzene rings is 1. The summed E-state index contributed by atoms with van der Waals surface area (Å²) in [5.74, 6) is 0.549. The maximum atomic E-state index is 12.1. The van der Waals surface area contributed by atoms with Crippen molar-refractivity contribution in [3.05, 3.63) is 35.9 Å². The first-order chi connectivity index (χ1) is 9.79. The Morgan fingerprint density at radius 2 is 2.20 bits per heavy atom. The number of ether oxygens (including phenoxy) is 1. The molecule has 1 fully saturated rings. The van der Waals surface area contributed by atoms with Gasteiger partial charge in [0.25, 0.3) is 0 Å². The van der Waals surface area contributed by atoms with Gasteiger partial charge in [-0.25, -0.2) is 4.79 Å². The number of carbonyl (C=O) groups is 1. The third-order valence-electron chi connectivity index (χ3n) is 3.67. The van der Waals surface area contributed by atoms with Crippen LogP contribution in [0.2, 0.25) is 0 Å². The van der Waals surface area contributed by atoms with E-state index in [4.69, 9.17) is 4.74 Å². The number of hydrogen-bond donors (Lipinski definition) is 1. The average molecular weight is 276 g/mol. The molecule has 1 aromatic carbocycles. The zero-order valence-electron chi connectivity index (χ0n) is 12.2. The Bertz CT molecular complexity index is 408. The van der Waals surface area contributed by atoms with Gasteiger partial charge in [0.2, 0.25) is 0 Å². The molecule has 0 saturated carbocycles. The summed E-state index contributed by atoms with van der Waals surface area (Å²) in [4.78, 5) is 13.9. The molecule has 1 saturated heterocycles. The number of rotatable bonds is 5. The van der Waals surface area contributed by atoms with Crippen molar-refractivity contribution < 1.29 is 9.53 Å². The lowest BCUT2D eigenvalue weighted by molar-refractivity contribution is 0.0790. The Labute approximate surface area is 121 Å². The Kier molecular flexibility index (Phi) is 5.87. The van der Waals surface area contributed by atoms with Crippen LogP contribution < -0.4 is 5.32 Å². The van der Waals surface area contributed by atoms with E-state index >= 15 is 0 Å². The van der Waals surface area contributed by atoms with Crippen molar-refractivity contribution in [2.75, 3.05) is 26.2 Å². The van der Waals surface area contributed by atoms with E-state index in [1.165, 1.54) is 6.42 Å². The Morgan fingerprint density at radius 3 is 2.95 bits per heavy atom. The number of likely N-dealkylation sites (tertiary alicyclic amines) is 1. The molecule has 1 aliphatic heterocycles. The van der Waals surface area contributed by atoms with Crippen molar-refractivity contribution in [3.63, 3.8) is 0 Å². The Hall–Kier alpha value is -1.55. The lowest BCUT2D eigenvalue weighted by Gasteiger charge is -2.32. The predicted octanol–water partition coefficient (Wildman–Crippen LogP) is 2.64. The average Bonchev–Trinajstić information content (AvgIpc) is 2.52. The molecule has 20 heavy (non-hydrogen) atoms. The van der Waals surface area contributed by atoms with Crippen LogP contribution in [0.25, 0.3) is 0 Å². The van der Waals surface area contributed by atoms with Crippen molar-refractivity contribution >= 4 is 6.09 Å². The molecule has 1 aliphatic rings. The minimum absolute atomic E-state index is 0.185. The van der Waals surface area contributed by atoms with Gasteiger partial charge in [0.1, 0.15) is 6.61 Å². The van der Waals surface area contributed by atoms with Crippen LogP contribution in [-0.4, -0.2) is 37.2 Å². The summed E-state index contributed by atoms with van der Waals surface area (Å²) in [5.41, 5.74) is 1.03. The molecule has 4 nitrogen and oxygen atoms in total. The van der Waals surface area contributed by atoms with Crippen molar-refractivity contribution in [1.82, 2.24) is 10.2 Å². The lowest BCUT2D eigenvalue weighted by atomic mass is 9.98. The number of piperidine rings is 1. The second kappa shape index (κ2) is 7.90. The van der Waals surface area contributed by atoms with E-state index in [0.717, 1.165) is 38.2 Å². The molecule has 1 aromatic rings. The summed E-state index contributed by atoms with van der Waals surface area (Å²) in [5, 5.41) is 3.36. The fraction of sp³-hybridized carbons (Fsp3) is 0.562. The highest BCUT2D eigenvalue weighted by molar-refractivity contribution is 5.67. The van der Waals surface area contributed by atoms with Gasteiger partial charge >= 0.3 is 6.09 Å². The topological polar surface area (TPSA) is 41.6 Å². The second-order valence-corrected chi connectivity index (χ2v) is 5.30. The fourth-order valence-electron chi connectivity index (χ4n) is 2.56. The summed E-state index contributed by atoms with van der Waals surface area (Å²) in [6, 6.07) is 9.81. The van der Waals surface area contributed by atoms with Gasteiger partial charge < -0.3 is 15.0 Å². The molecule has 1 N–H and O–H groups in total. The van der Waals surface area contributed by atoms with Gasteiger partial charge in [0, 0.05) is 13.1 Å². The Balaban J connectivity index is 1.77. The van der Waals surface area contributed by atoms with Crippen LogP contribution in [0, 0.1) is 5.92 Å². The number of nitrogens with one attached hydrogen (secondary N) is 1. The van der Waals surface area contributed by atoms with E-state index in [1.54, 1.807) is 0 Å². The van der Waals surface area contributed by atoms with Gasteiger partial charge in [0.15, 0.2) is 0 Å². The van der Waals surface area contributed by atoms with E-state index < -0.39 is 0 Å². The molecule has 1 heterocycles. The minimum atomic E-state index is -0.185. The summed E-state index contributed by atoms with van der Waals surface area (Å²) < 4.78 is 5.39. The largest absolute Gasteiger partial charge is 0.445 e. The van der Waals surface area contributed by atoms with Gasteiger partial charge in [-0.3, -0.25) is 0 Å². The summed E-state index contributed by atoms with van der Waals surface area (Å²) in [7, 11) is 0. The highest BCUT2D eigenvalue weighted by Gasteiger charge is 2.24. The normalized spacial score (nSPS) is 18.9. The van der Waals surface area contributed by atoms with Gasteiger partial charge in [-0.2, -0.15) is 0 Å². The van der Waals surface area contributed by atoms with E-state index in [2.05, 4.69) is 12.2 Å². The van der Waals surface area contributed by atoms with Crippen LogP contribution >= 0.6 is 0 Å². The molecular weight excluding hydrogens is 252 g/mol. The first-order valence-corrected chi connectivity index (χ1v) is 7.46. The molecular formula is C16H24N2O2. The van der Waals surface area contributed by atoms with Crippen LogP contribution in [0.1, 0.15) is 25.3 Å². The molecule has 4 heteroatoms. The standard InChI is InChI=1S/C16H24N2O2/c1-2-17-11-15-9-6-10-18(12-15)16(19)20-13-14-7-4-3-5-8-14/h3-5,7-8,15,17H,2,6,9-13H2,1H3/t15-/m0/s1. The monoisotopic (exact) mass is 276 g/mol. The van der Waals surface area contributed by atoms with Crippen LogP contribution in [0.15, 0.2) is 30.3 Å². The number of amides is 1. The molecule has 1 atom stereocenters. The smallest absolute Gasteiger partial charge is 0.410 e. The lowest BCUT2D eigenvalue weighted by Crippen LogP contribution is -2.43. The first-order valence-electron chi connectivity index (χ1n) is 7.46. The van der Waals surface area contributed by atoms with Crippen LogP contribution in [0.3, 0.4) is 0 Å². The van der Waals surface area contributed by atoms with E-state index in [1.807, 2.05) is 35.2 Å². The first kappa shape index (κ1) is 14.9. The quantitative estimate of drug-likeness (QED) is 0.899. The van der Waals surface area contributed by atoms with E-state index in [-0.39, 0.29) is 6.09 Å². The fourth-order valence-corrected chi connectivity index (χ4v) is 2.56. The molecule has 0 radical (unpaired) electrons. The van der Waals surface area contributed by atoms with Gasteiger partial charge in [0.05, 0.1) is 0 Å².